The lowest BCUT2D eigenvalue weighted by Crippen LogP contribution is -2.24. The Morgan fingerprint density at radius 2 is 2.22 bits per heavy atom. The van der Waals surface area contributed by atoms with Crippen molar-refractivity contribution in [3.8, 4) is 11.4 Å². The lowest BCUT2D eigenvalue weighted by Gasteiger charge is -2.18. The number of aryl methyl sites for hydroxylation is 1. The Balaban J connectivity index is 2.12. The van der Waals surface area contributed by atoms with Gasteiger partial charge in [-0.3, -0.25) is 0 Å². The first-order chi connectivity index (χ1) is 8.59. The minimum absolute atomic E-state index is 0.120. The van der Waals surface area contributed by atoms with Gasteiger partial charge in [0.05, 0.1) is 5.69 Å². The van der Waals surface area contributed by atoms with Crippen molar-refractivity contribution in [2.75, 3.05) is 0 Å². The summed E-state index contributed by atoms with van der Waals surface area (Å²) in [5.41, 5.74) is 3.33. The van der Waals surface area contributed by atoms with Gasteiger partial charge in [-0.1, -0.05) is 6.92 Å². The maximum atomic E-state index is 6.03. The maximum absolute atomic E-state index is 6.03. The van der Waals surface area contributed by atoms with E-state index in [4.69, 9.17) is 4.74 Å². The fourth-order valence-electron chi connectivity index (χ4n) is 2.44. The van der Waals surface area contributed by atoms with Crippen LogP contribution < -0.4 is 4.74 Å². The van der Waals surface area contributed by atoms with Crippen LogP contribution >= 0.6 is 0 Å². The Bertz CT molecular complexity index is 575. The molecule has 1 aromatic carbocycles. The average Bonchev–Trinajstić information content (AvgIpc) is 2.92. The van der Waals surface area contributed by atoms with Crippen molar-refractivity contribution >= 4 is 0 Å². The quantitative estimate of drug-likeness (QED) is 0.810. The first-order valence-corrected chi connectivity index (χ1v) is 6.17. The summed E-state index contributed by atoms with van der Waals surface area (Å²) in [6.07, 6.45) is 3.47. The van der Waals surface area contributed by atoms with Crippen LogP contribution in [0.2, 0.25) is 0 Å². The molecule has 2 heterocycles. The van der Waals surface area contributed by atoms with Gasteiger partial charge in [0.1, 0.15) is 17.7 Å². The molecule has 2 aromatic rings. The molecule has 0 fully saturated rings. The zero-order chi connectivity index (χ0) is 12.8. The third-order valence-corrected chi connectivity index (χ3v) is 3.22. The molecule has 0 bridgehead atoms. The summed E-state index contributed by atoms with van der Waals surface area (Å²) < 4.78 is 7.71. The summed E-state index contributed by atoms with van der Waals surface area (Å²) in [7, 11) is 0. The molecule has 3 rings (SSSR count). The van der Waals surface area contributed by atoms with Gasteiger partial charge in [0.25, 0.3) is 0 Å². The Morgan fingerprint density at radius 1 is 1.39 bits per heavy atom. The number of nitrogens with zero attached hydrogens (tertiary/aromatic N) is 4. The highest BCUT2D eigenvalue weighted by Gasteiger charge is 2.32. The predicted octanol–water partition coefficient (Wildman–Crippen LogP) is 1.94. The third kappa shape index (κ3) is 1.75. The number of aromatic nitrogens is 4. The Labute approximate surface area is 106 Å². The number of tetrazole rings is 1. The number of benzene rings is 1. The van der Waals surface area contributed by atoms with Gasteiger partial charge in [-0.05, 0) is 48.4 Å². The molecule has 0 spiro atoms. The summed E-state index contributed by atoms with van der Waals surface area (Å²) in [4.78, 5) is 0. The lowest BCUT2D eigenvalue weighted by atomic mass is 9.99. The molecule has 0 unspecified atom stereocenters. The largest absolute Gasteiger partial charge is 0.487 e. The molecule has 0 amide bonds. The highest BCUT2D eigenvalue weighted by Crippen LogP contribution is 2.39. The van der Waals surface area contributed by atoms with Gasteiger partial charge in [-0.15, -0.1) is 5.10 Å². The smallest absolute Gasteiger partial charge is 0.143 e. The highest BCUT2D eigenvalue weighted by molar-refractivity contribution is 5.52. The Kier molecular flexibility index (Phi) is 2.36. The molecule has 1 aromatic heterocycles. The minimum Gasteiger partial charge on any atom is -0.487 e. The van der Waals surface area contributed by atoms with E-state index in [1.807, 2.05) is 0 Å². The lowest BCUT2D eigenvalue weighted by molar-refractivity contribution is 0.137. The Hall–Kier alpha value is -1.91. The molecule has 0 radical (unpaired) electrons. The van der Waals surface area contributed by atoms with Crippen LogP contribution in [-0.2, 0) is 12.8 Å². The third-order valence-electron chi connectivity index (χ3n) is 3.22. The molecule has 0 atom stereocenters. The van der Waals surface area contributed by atoms with Crippen LogP contribution in [-0.4, -0.2) is 25.8 Å². The highest BCUT2D eigenvalue weighted by atomic mass is 16.5. The molecular formula is C13H16N4O. The first kappa shape index (κ1) is 11.2. The molecule has 18 heavy (non-hydrogen) atoms. The van der Waals surface area contributed by atoms with E-state index in [1.54, 1.807) is 11.0 Å². The van der Waals surface area contributed by atoms with Crippen LogP contribution in [0.25, 0.3) is 5.69 Å². The molecule has 1 aliphatic rings. The van der Waals surface area contributed by atoms with Crippen LogP contribution in [0.4, 0.5) is 0 Å². The summed E-state index contributed by atoms with van der Waals surface area (Å²) in [6, 6.07) is 4.20. The van der Waals surface area contributed by atoms with E-state index in [0.717, 1.165) is 24.3 Å². The fraction of sp³-hybridized carbons (Fsp3) is 0.462. The van der Waals surface area contributed by atoms with E-state index < -0.39 is 0 Å². The number of hydrogen-bond acceptors (Lipinski definition) is 4. The van der Waals surface area contributed by atoms with E-state index in [2.05, 4.69) is 48.4 Å². The second-order valence-corrected chi connectivity index (χ2v) is 5.24. The van der Waals surface area contributed by atoms with Crippen LogP contribution in [0.15, 0.2) is 18.5 Å². The molecule has 1 aliphatic heterocycles. The van der Waals surface area contributed by atoms with Gasteiger partial charge in [0.2, 0.25) is 0 Å². The predicted molar refractivity (Wildman–Crippen MR) is 66.9 cm³/mol. The van der Waals surface area contributed by atoms with Crippen LogP contribution in [0.3, 0.4) is 0 Å². The van der Waals surface area contributed by atoms with Crippen LogP contribution in [0.5, 0.6) is 5.75 Å². The van der Waals surface area contributed by atoms with Gasteiger partial charge in [0.15, 0.2) is 0 Å². The number of hydrogen-bond donors (Lipinski definition) is 0. The van der Waals surface area contributed by atoms with Gasteiger partial charge in [-0.25, -0.2) is 4.68 Å². The SMILES string of the molecule is CCc1cc(-n2cnnn2)cc2c1OC(C)(C)C2. The topological polar surface area (TPSA) is 52.8 Å². The van der Waals surface area contributed by atoms with Crippen LogP contribution in [0.1, 0.15) is 31.9 Å². The van der Waals surface area contributed by atoms with Crippen molar-refractivity contribution in [3.05, 3.63) is 29.6 Å². The van der Waals surface area contributed by atoms with E-state index in [9.17, 15) is 0 Å². The molecular weight excluding hydrogens is 228 g/mol. The van der Waals surface area contributed by atoms with Gasteiger partial charge >= 0.3 is 0 Å². The van der Waals surface area contributed by atoms with E-state index in [0.29, 0.717) is 0 Å². The zero-order valence-corrected chi connectivity index (χ0v) is 10.8. The standard InChI is InChI=1S/C13H16N4O/c1-4-9-5-11(17-8-14-15-16-17)6-10-7-13(2,3)18-12(9)10/h5-6,8H,4,7H2,1-3H3. The van der Waals surface area contributed by atoms with Gasteiger partial charge in [0, 0.05) is 12.0 Å². The van der Waals surface area contributed by atoms with Crippen molar-refractivity contribution in [1.29, 1.82) is 0 Å². The normalized spacial score (nSPS) is 16.4. The first-order valence-electron chi connectivity index (χ1n) is 6.17. The average molecular weight is 244 g/mol. The molecule has 5 heteroatoms. The van der Waals surface area contributed by atoms with Crippen molar-refractivity contribution in [2.24, 2.45) is 0 Å². The maximum Gasteiger partial charge on any atom is 0.143 e. The van der Waals surface area contributed by atoms with E-state index in [-0.39, 0.29) is 5.60 Å². The van der Waals surface area contributed by atoms with E-state index >= 15 is 0 Å². The molecule has 0 N–H and O–H groups in total. The molecule has 94 valence electrons. The van der Waals surface area contributed by atoms with E-state index in [1.165, 1.54) is 11.1 Å². The minimum atomic E-state index is -0.120. The summed E-state index contributed by atoms with van der Waals surface area (Å²) in [5.74, 6) is 1.04. The number of rotatable bonds is 2. The molecule has 0 saturated heterocycles. The zero-order valence-electron chi connectivity index (χ0n) is 10.8. The number of fused-ring (bicyclic) bond motifs is 1. The van der Waals surface area contributed by atoms with Crippen molar-refractivity contribution in [3.63, 3.8) is 0 Å². The summed E-state index contributed by atoms with van der Waals surface area (Å²) in [5, 5.41) is 11.3. The van der Waals surface area contributed by atoms with Crippen molar-refractivity contribution in [2.45, 2.75) is 39.2 Å². The molecule has 5 nitrogen and oxygen atoms in total. The van der Waals surface area contributed by atoms with Gasteiger partial charge < -0.3 is 4.74 Å². The van der Waals surface area contributed by atoms with Crippen molar-refractivity contribution in [1.82, 2.24) is 20.2 Å². The second kappa shape index (κ2) is 3.80. The summed E-state index contributed by atoms with van der Waals surface area (Å²) >= 11 is 0. The van der Waals surface area contributed by atoms with Crippen molar-refractivity contribution < 1.29 is 4.74 Å². The fourth-order valence-corrected chi connectivity index (χ4v) is 2.44. The molecule has 0 aliphatic carbocycles. The monoisotopic (exact) mass is 244 g/mol. The van der Waals surface area contributed by atoms with Gasteiger partial charge in [-0.2, -0.15) is 0 Å². The second-order valence-electron chi connectivity index (χ2n) is 5.24. The number of ether oxygens (including phenoxy) is 1. The summed E-state index contributed by atoms with van der Waals surface area (Å²) in [6.45, 7) is 6.36. The Morgan fingerprint density at radius 3 is 2.89 bits per heavy atom. The van der Waals surface area contributed by atoms with Crippen LogP contribution in [0, 0.1) is 0 Å². The molecule has 0 saturated carbocycles.